The molecule has 0 N–H and O–H groups in total. The predicted molar refractivity (Wildman–Crippen MR) is 149 cm³/mol. The zero-order valence-electron chi connectivity index (χ0n) is 21.5. The molecule has 2 aromatic carbocycles. The first-order valence-electron chi connectivity index (χ1n) is 12.3. The Bertz CT molecular complexity index is 1420. The Hall–Kier alpha value is -3.22. The number of hydrogen-bond donors (Lipinski definition) is 0. The lowest BCUT2D eigenvalue weighted by Crippen LogP contribution is -2.13. The lowest BCUT2D eigenvalue weighted by atomic mass is 9.91. The highest BCUT2D eigenvalue weighted by molar-refractivity contribution is 7.19. The number of rotatable bonds is 2. The number of aryl methyl sites for hydroxylation is 2. The minimum absolute atomic E-state index is 0.250. The summed E-state index contributed by atoms with van der Waals surface area (Å²) in [5, 5.41) is 2.75. The summed E-state index contributed by atoms with van der Waals surface area (Å²) in [5.41, 5.74) is 4.29. The van der Waals surface area contributed by atoms with Gasteiger partial charge in [0.15, 0.2) is 0 Å². The normalized spacial score (nSPS) is 14.9. The standard InChI is InChI=1S/C14H16OS.C14H14OS.2CO2/c2*1-10-8-13-3-2-12(9-14(13)16-10)11-4-6-15-7-5-11;2*2-1-3/h2-3,8-9,11H,4-7H2,1H3;2-4,8-9H,5-7H2,1H3;;. The van der Waals surface area contributed by atoms with Crippen LogP contribution >= 0.6 is 22.7 Å². The average molecular weight is 551 g/mol. The molecule has 6 rings (SSSR count). The van der Waals surface area contributed by atoms with Crippen LogP contribution in [-0.4, -0.2) is 38.7 Å². The molecule has 4 heterocycles. The van der Waals surface area contributed by atoms with E-state index in [2.05, 4.69) is 68.5 Å². The molecule has 0 saturated carbocycles. The van der Waals surface area contributed by atoms with Gasteiger partial charge < -0.3 is 9.47 Å². The Morgan fingerprint density at radius 3 is 1.89 bits per heavy atom. The molecule has 0 unspecified atom stereocenters. The lowest BCUT2D eigenvalue weighted by Gasteiger charge is -2.22. The van der Waals surface area contributed by atoms with Crippen molar-refractivity contribution in [3.8, 4) is 0 Å². The van der Waals surface area contributed by atoms with Crippen molar-refractivity contribution < 1.29 is 28.7 Å². The Morgan fingerprint density at radius 2 is 1.32 bits per heavy atom. The van der Waals surface area contributed by atoms with Crippen molar-refractivity contribution in [2.24, 2.45) is 0 Å². The van der Waals surface area contributed by atoms with Gasteiger partial charge in [-0.25, -0.2) is 0 Å². The molecular formula is C30H30O6S2. The average Bonchev–Trinajstić information content (AvgIpc) is 3.50. The summed E-state index contributed by atoms with van der Waals surface area (Å²) in [6.07, 6.45) is 6.09. The summed E-state index contributed by atoms with van der Waals surface area (Å²) in [6, 6.07) is 18.2. The van der Waals surface area contributed by atoms with Crippen molar-refractivity contribution in [2.75, 3.05) is 26.4 Å². The maximum absolute atomic E-state index is 8.12. The van der Waals surface area contributed by atoms with Gasteiger partial charge in [-0.15, -0.1) is 22.7 Å². The van der Waals surface area contributed by atoms with E-state index in [1.54, 1.807) is 0 Å². The molecule has 38 heavy (non-hydrogen) atoms. The van der Waals surface area contributed by atoms with E-state index in [-0.39, 0.29) is 12.3 Å². The summed E-state index contributed by atoms with van der Waals surface area (Å²) in [4.78, 5) is 35.3. The largest absolute Gasteiger partial charge is 0.381 e. The van der Waals surface area contributed by atoms with Crippen molar-refractivity contribution >= 4 is 60.7 Å². The summed E-state index contributed by atoms with van der Waals surface area (Å²) in [5.74, 6) is 0.709. The van der Waals surface area contributed by atoms with Gasteiger partial charge in [-0.1, -0.05) is 30.3 Å². The second kappa shape index (κ2) is 15.3. The van der Waals surface area contributed by atoms with Gasteiger partial charge in [0.05, 0.1) is 13.2 Å². The number of thiophene rings is 2. The molecule has 6 nitrogen and oxygen atoms in total. The number of fused-ring (bicyclic) bond motifs is 2. The summed E-state index contributed by atoms with van der Waals surface area (Å²) >= 11 is 3.77. The van der Waals surface area contributed by atoms with Crippen molar-refractivity contribution in [3.05, 3.63) is 75.5 Å². The van der Waals surface area contributed by atoms with Crippen molar-refractivity contribution in [1.29, 1.82) is 0 Å². The maximum atomic E-state index is 8.12. The fourth-order valence-corrected chi connectivity index (χ4v) is 6.55. The van der Waals surface area contributed by atoms with Crippen LogP contribution in [0.3, 0.4) is 0 Å². The van der Waals surface area contributed by atoms with Gasteiger partial charge in [-0.05, 0) is 90.8 Å². The second-order valence-corrected chi connectivity index (χ2v) is 11.4. The molecule has 0 radical (unpaired) electrons. The van der Waals surface area contributed by atoms with Gasteiger partial charge in [0, 0.05) is 32.4 Å². The Kier molecular flexibility index (Phi) is 11.8. The van der Waals surface area contributed by atoms with Crippen LogP contribution in [0.25, 0.3) is 25.7 Å². The molecule has 0 aliphatic carbocycles. The molecule has 8 heteroatoms. The van der Waals surface area contributed by atoms with Crippen LogP contribution in [-0.2, 0) is 28.7 Å². The molecule has 2 aromatic heterocycles. The predicted octanol–water partition coefficient (Wildman–Crippen LogP) is 6.95. The number of hydrogen-bond acceptors (Lipinski definition) is 8. The molecule has 4 aromatic rings. The molecule has 1 fully saturated rings. The molecule has 2 aliphatic heterocycles. The lowest BCUT2D eigenvalue weighted by molar-refractivity contribution is -0.193. The Labute approximate surface area is 229 Å². The zero-order chi connectivity index (χ0) is 27.3. The van der Waals surface area contributed by atoms with Crippen LogP contribution in [0.2, 0.25) is 0 Å². The Morgan fingerprint density at radius 1 is 0.737 bits per heavy atom. The molecular weight excluding hydrogens is 520 g/mol. The fraction of sp³-hybridized carbons (Fsp3) is 0.333. The molecule has 0 spiro atoms. The van der Waals surface area contributed by atoms with Crippen molar-refractivity contribution in [2.45, 2.75) is 39.0 Å². The highest BCUT2D eigenvalue weighted by Crippen LogP contribution is 2.33. The van der Waals surface area contributed by atoms with E-state index in [9.17, 15) is 0 Å². The van der Waals surface area contributed by atoms with Crippen LogP contribution < -0.4 is 0 Å². The van der Waals surface area contributed by atoms with E-state index in [4.69, 9.17) is 28.7 Å². The topological polar surface area (TPSA) is 86.7 Å². The summed E-state index contributed by atoms with van der Waals surface area (Å²) < 4.78 is 13.6. The zero-order valence-corrected chi connectivity index (χ0v) is 23.1. The molecule has 0 atom stereocenters. The molecule has 1 saturated heterocycles. The van der Waals surface area contributed by atoms with E-state index in [0.29, 0.717) is 5.92 Å². The van der Waals surface area contributed by atoms with Crippen molar-refractivity contribution in [3.63, 3.8) is 0 Å². The van der Waals surface area contributed by atoms with Gasteiger partial charge in [-0.3, -0.25) is 0 Å². The third kappa shape index (κ3) is 8.40. The van der Waals surface area contributed by atoms with Gasteiger partial charge >= 0.3 is 12.3 Å². The first-order chi connectivity index (χ1) is 18.5. The van der Waals surface area contributed by atoms with Crippen molar-refractivity contribution in [1.82, 2.24) is 0 Å². The third-order valence-corrected chi connectivity index (χ3v) is 8.36. The second-order valence-electron chi connectivity index (χ2n) is 8.87. The highest BCUT2D eigenvalue weighted by Gasteiger charge is 2.16. The van der Waals surface area contributed by atoms with E-state index in [0.717, 1.165) is 32.8 Å². The number of carbonyl (C=O) groups excluding carboxylic acids is 4. The minimum atomic E-state index is 0.250. The van der Waals surface area contributed by atoms with Gasteiger partial charge in [0.25, 0.3) is 0 Å². The van der Waals surface area contributed by atoms with E-state index in [1.807, 2.05) is 22.7 Å². The number of benzene rings is 2. The van der Waals surface area contributed by atoms with Gasteiger partial charge in [0.1, 0.15) is 0 Å². The van der Waals surface area contributed by atoms with E-state index < -0.39 is 0 Å². The fourth-order valence-electron chi connectivity index (χ4n) is 4.62. The van der Waals surface area contributed by atoms with Gasteiger partial charge in [-0.2, -0.15) is 19.2 Å². The van der Waals surface area contributed by atoms with Gasteiger partial charge in [0.2, 0.25) is 0 Å². The molecule has 198 valence electrons. The molecule has 2 aliphatic rings. The smallest absolute Gasteiger partial charge is 0.373 e. The van der Waals surface area contributed by atoms with E-state index in [1.165, 1.54) is 59.5 Å². The third-order valence-electron chi connectivity index (χ3n) is 6.34. The SMILES string of the molecule is Cc1cc2ccc(C3=CCOCC3)cc2s1.Cc1cc2ccc(C3CCOCC3)cc2s1.O=C=O.O=C=O. The van der Waals surface area contributed by atoms with Crippen LogP contribution in [0.1, 0.15) is 46.1 Å². The maximum Gasteiger partial charge on any atom is 0.373 e. The minimum Gasteiger partial charge on any atom is -0.381 e. The van der Waals surface area contributed by atoms with Crippen LogP contribution in [0, 0.1) is 13.8 Å². The van der Waals surface area contributed by atoms with E-state index >= 15 is 0 Å². The monoisotopic (exact) mass is 550 g/mol. The highest BCUT2D eigenvalue weighted by atomic mass is 32.1. The van der Waals surface area contributed by atoms with Crippen LogP contribution in [0.5, 0.6) is 0 Å². The van der Waals surface area contributed by atoms with Crippen LogP contribution in [0.15, 0.2) is 54.6 Å². The molecule has 0 amide bonds. The molecule has 0 bridgehead atoms. The quantitative estimate of drug-likeness (QED) is 0.268. The Balaban J connectivity index is 0.000000175. The summed E-state index contributed by atoms with van der Waals surface area (Å²) in [6.45, 7) is 7.80. The summed E-state index contributed by atoms with van der Waals surface area (Å²) in [7, 11) is 0. The first kappa shape index (κ1) is 29.3. The number of ether oxygens (including phenoxy) is 2. The van der Waals surface area contributed by atoms with Crippen LogP contribution in [0.4, 0.5) is 0 Å². The first-order valence-corrected chi connectivity index (χ1v) is 14.0.